The summed E-state index contributed by atoms with van der Waals surface area (Å²) in [7, 11) is 7.33. The number of para-hydroxylation sites is 3. The number of carbonyl (C=O) groups is 8. The highest BCUT2D eigenvalue weighted by molar-refractivity contribution is 6.15. The van der Waals surface area contributed by atoms with E-state index in [1.54, 1.807) is 78.9 Å². The zero-order valence-corrected chi connectivity index (χ0v) is 72.7. The van der Waals surface area contributed by atoms with E-state index in [9.17, 15) is 55.9 Å². The number of alkyl halides is 3. The van der Waals surface area contributed by atoms with E-state index < -0.39 is 29.4 Å². The minimum Gasteiger partial charge on any atom is -0.495 e. The maximum Gasteiger partial charge on any atom is 0.416 e. The van der Waals surface area contributed by atoms with Crippen molar-refractivity contribution in [1.82, 2.24) is 10.2 Å². The summed E-state index contributed by atoms with van der Waals surface area (Å²) in [5, 5.41) is 18.5. The molecule has 129 heavy (non-hydrogen) atoms. The maximum atomic E-state index is 14.2. The summed E-state index contributed by atoms with van der Waals surface area (Å²) < 4.78 is 79.4. The van der Waals surface area contributed by atoms with Gasteiger partial charge in [0.2, 0.25) is 5.75 Å². The van der Waals surface area contributed by atoms with Crippen molar-refractivity contribution in [1.29, 1.82) is 0 Å². The number of amides is 4. The lowest BCUT2D eigenvalue weighted by Gasteiger charge is -2.26. The van der Waals surface area contributed by atoms with Crippen molar-refractivity contribution in [3.63, 3.8) is 0 Å². The zero-order valence-electron chi connectivity index (χ0n) is 72.7. The Labute approximate surface area is 748 Å². The van der Waals surface area contributed by atoms with Crippen molar-refractivity contribution >= 4 is 91.1 Å². The summed E-state index contributed by atoms with van der Waals surface area (Å²) >= 11 is 0. The van der Waals surface area contributed by atoms with E-state index in [4.69, 9.17) is 23.7 Å². The Bertz CT molecular complexity index is 5990. The van der Waals surface area contributed by atoms with Crippen LogP contribution in [0.25, 0.3) is 21.5 Å². The van der Waals surface area contributed by atoms with Crippen LogP contribution in [0.5, 0.6) is 28.7 Å². The fourth-order valence-corrected chi connectivity index (χ4v) is 14.9. The Hall–Kier alpha value is -14.4. The molecule has 1 heterocycles. The second-order valence-electron chi connectivity index (χ2n) is 30.5. The molecular weight excluding hydrogens is 1640 g/mol. The molecule has 0 aliphatic carbocycles. The molecular formula is C106H104F4N6O13. The second-order valence-corrected chi connectivity index (χ2v) is 30.5. The third kappa shape index (κ3) is 27.3. The molecule has 5 N–H and O–H groups in total. The quantitative estimate of drug-likeness (QED) is 0.0141. The van der Waals surface area contributed by atoms with Crippen molar-refractivity contribution < 1.29 is 79.6 Å². The molecule has 19 nitrogen and oxygen atoms in total. The van der Waals surface area contributed by atoms with Gasteiger partial charge in [0.1, 0.15) is 17.3 Å². The summed E-state index contributed by atoms with van der Waals surface area (Å²) in [6.07, 6.45) is 4.25. The van der Waals surface area contributed by atoms with E-state index in [1.165, 1.54) is 76.5 Å². The van der Waals surface area contributed by atoms with Gasteiger partial charge in [-0.2, -0.15) is 13.2 Å². The highest BCUT2D eigenvalue weighted by Crippen LogP contribution is 2.46. The molecule has 13 aromatic carbocycles. The van der Waals surface area contributed by atoms with Gasteiger partial charge in [-0.05, 0) is 206 Å². The van der Waals surface area contributed by atoms with Gasteiger partial charge in [-0.1, -0.05) is 188 Å². The Morgan fingerprint density at radius 3 is 1.21 bits per heavy atom. The van der Waals surface area contributed by atoms with Gasteiger partial charge in [-0.15, -0.1) is 0 Å². The van der Waals surface area contributed by atoms with Crippen LogP contribution in [-0.4, -0.2) is 120 Å². The summed E-state index contributed by atoms with van der Waals surface area (Å²) in [6, 6.07) is 85.6. The lowest BCUT2D eigenvalue weighted by Crippen LogP contribution is -2.43. The molecule has 23 heteroatoms. The summed E-state index contributed by atoms with van der Waals surface area (Å²) in [5.74, 6) is -1.23. The first-order valence-electron chi connectivity index (χ1n) is 42.7. The number of ether oxygens (including phenoxy) is 5. The monoisotopic (exact) mass is 1740 g/mol. The van der Waals surface area contributed by atoms with Gasteiger partial charge in [0.25, 0.3) is 23.6 Å². The Kier molecular flexibility index (Phi) is 35.7. The molecule has 0 radical (unpaired) electrons. The SMILES string of the molecule is COc1cc(C(=O)CCCCc2ccccc2)c(NC(=O)c2ccccc2F)c(OC)c1OC.COc1cccc(C(=O)CCCCc2ccccc2)c1NC(=O)c1ccc2ccccc2c1.COc1cccc(C(=O)CCCc2ccccc2)c1NC(=O)c1ccc2ccccc2c1.O=C(Nc1ccccc1C(=O)CCCN1CCNCC1)c1ccc(C(F)(F)F)cc1. The van der Waals surface area contributed by atoms with Crippen molar-refractivity contribution in [3.05, 3.63) is 364 Å². The summed E-state index contributed by atoms with van der Waals surface area (Å²) in [5.41, 5.74) is 6.71. The van der Waals surface area contributed by atoms with Crippen molar-refractivity contribution in [2.75, 3.05) is 89.5 Å². The number of halogens is 4. The highest BCUT2D eigenvalue weighted by atomic mass is 19.4. The number of carbonyl (C=O) groups excluding carboxylic acids is 8. The average Bonchev–Trinajstić information content (AvgIpc) is 0.778. The molecule has 1 saturated heterocycles. The van der Waals surface area contributed by atoms with Gasteiger partial charge in [-0.3, -0.25) is 38.4 Å². The molecule has 0 spiro atoms. The Morgan fingerprint density at radius 2 is 0.729 bits per heavy atom. The molecule has 14 rings (SSSR count). The van der Waals surface area contributed by atoms with Crippen LogP contribution in [-0.2, 0) is 25.4 Å². The van der Waals surface area contributed by atoms with Gasteiger partial charge in [-0.25, -0.2) is 4.39 Å². The first kappa shape index (κ1) is 95.2. The zero-order chi connectivity index (χ0) is 91.4. The maximum absolute atomic E-state index is 14.2. The summed E-state index contributed by atoms with van der Waals surface area (Å²) in [4.78, 5) is 106. The molecule has 13 aromatic rings. The molecule has 664 valence electrons. The first-order chi connectivity index (χ1) is 62.6. The van der Waals surface area contributed by atoms with Crippen LogP contribution in [0, 0.1) is 5.82 Å². The lowest BCUT2D eigenvalue weighted by atomic mass is 9.99. The highest BCUT2D eigenvalue weighted by Gasteiger charge is 2.31. The minimum atomic E-state index is -4.46. The molecule has 1 aliphatic heterocycles. The first-order valence-corrected chi connectivity index (χ1v) is 42.7. The fraction of sp³-hybridized carbons (Fsp3) is 0.226. The van der Waals surface area contributed by atoms with E-state index in [2.05, 4.69) is 67.9 Å². The topological polar surface area (TPSA) is 246 Å². The number of fused-ring (bicyclic) bond motifs is 2. The molecule has 1 aliphatic rings. The van der Waals surface area contributed by atoms with E-state index >= 15 is 0 Å². The number of hydrogen-bond donors (Lipinski definition) is 5. The Morgan fingerprint density at radius 1 is 0.333 bits per heavy atom. The number of anilines is 4. The normalized spacial score (nSPS) is 11.6. The number of hydrogen-bond acceptors (Lipinski definition) is 15. The fourth-order valence-electron chi connectivity index (χ4n) is 14.9. The van der Waals surface area contributed by atoms with E-state index in [1.807, 2.05) is 127 Å². The van der Waals surface area contributed by atoms with Crippen LogP contribution in [0.3, 0.4) is 0 Å². The predicted octanol–water partition coefficient (Wildman–Crippen LogP) is 22.5. The van der Waals surface area contributed by atoms with Crippen molar-refractivity contribution in [2.45, 2.75) is 89.6 Å². The van der Waals surface area contributed by atoms with Crippen LogP contribution in [0.15, 0.2) is 291 Å². The van der Waals surface area contributed by atoms with E-state index in [0.29, 0.717) is 82.1 Å². The number of rotatable bonds is 35. The molecule has 0 saturated carbocycles. The molecule has 1 fully saturated rings. The molecule has 4 amide bonds. The van der Waals surface area contributed by atoms with Gasteiger partial charge < -0.3 is 55.2 Å². The number of piperazine rings is 1. The van der Waals surface area contributed by atoms with Gasteiger partial charge in [0, 0.05) is 90.8 Å². The van der Waals surface area contributed by atoms with E-state index in [0.717, 1.165) is 130 Å². The summed E-state index contributed by atoms with van der Waals surface area (Å²) in [6.45, 7) is 4.68. The number of ketones is 4. The number of methoxy groups -OCH3 is 5. The van der Waals surface area contributed by atoms with Crippen LogP contribution in [0.2, 0.25) is 0 Å². The van der Waals surface area contributed by atoms with Crippen LogP contribution in [0.1, 0.15) is 169 Å². The van der Waals surface area contributed by atoms with Gasteiger partial charge >= 0.3 is 6.18 Å². The Balaban J connectivity index is 0.000000167. The van der Waals surface area contributed by atoms with Crippen molar-refractivity contribution in [3.8, 4) is 28.7 Å². The standard InChI is InChI=1S/C29H27NO3.C28H25NO3.C27H28FNO5.C22H24F3N3O2/c1-33-27-17-9-15-25(26(31)16-8-5-12-21-10-3-2-4-11-21)28(27)30-29(32)24-19-18-22-13-6-7-14-23(22)20-24;1-32-26-16-8-14-24(25(30)15-7-11-20-9-3-2-4-10-20)27(26)29-28(31)23-18-17-21-12-5-6-13-22(21)19-23;1-32-23-17-20(22(30)16-10-7-13-18-11-5-4-6-12-18)24(26(34-3)25(23)33-2)29-27(31)19-14-8-9-15-21(19)28;23-22(24,25)17-9-7-16(8-10-17)21(30)27-19-5-2-1-4-18(19)20(29)6-3-13-28-14-11-26-12-15-28/h2-4,6-7,9-11,13-15,17-20H,5,8,12,16H2,1H3,(H,30,32);2-6,8-10,12-14,16-19H,7,11,15H2,1H3,(H,29,31);4-6,8-9,11-12,14-15,17H,7,10,13,16H2,1-3H3,(H,29,31);1-2,4-5,7-10,26H,3,6,11-15H2,(H,27,30). The van der Waals surface area contributed by atoms with Gasteiger partial charge in [0.15, 0.2) is 34.6 Å². The number of Topliss-reactive ketones (excluding diaryl/α,β-unsaturated/α-hetero) is 4. The number of unbranched alkanes of at least 4 members (excludes halogenated alkanes) is 2. The molecule has 0 bridgehead atoms. The molecule has 0 unspecified atom stereocenters. The number of nitrogens with zero attached hydrogens (tertiary/aromatic N) is 1. The number of nitrogens with one attached hydrogen (secondary N) is 5. The largest absolute Gasteiger partial charge is 0.495 e. The minimum absolute atomic E-state index is 0.00391. The molecule has 0 atom stereocenters. The third-order valence-corrected chi connectivity index (χ3v) is 21.8. The number of aryl methyl sites for hydroxylation is 3. The number of benzene rings is 13. The van der Waals surface area contributed by atoms with Crippen LogP contribution < -0.4 is 50.3 Å². The molecule has 0 aromatic heterocycles. The smallest absolute Gasteiger partial charge is 0.416 e. The van der Waals surface area contributed by atoms with Crippen LogP contribution in [0.4, 0.5) is 40.3 Å². The predicted molar refractivity (Wildman–Crippen MR) is 499 cm³/mol. The average molecular weight is 1750 g/mol. The third-order valence-electron chi connectivity index (χ3n) is 21.8. The van der Waals surface area contributed by atoms with Gasteiger partial charge in [0.05, 0.1) is 69.4 Å². The van der Waals surface area contributed by atoms with Crippen molar-refractivity contribution in [2.24, 2.45) is 0 Å². The second kappa shape index (κ2) is 48.3. The lowest BCUT2D eigenvalue weighted by molar-refractivity contribution is -0.137. The van der Waals surface area contributed by atoms with E-state index in [-0.39, 0.29) is 81.0 Å². The van der Waals surface area contributed by atoms with Crippen LogP contribution >= 0.6 is 0 Å².